The molecule has 0 aliphatic rings. The molecule has 6 heteroatoms. The number of allylic oxidation sites excluding steroid dienone is 1. The van der Waals surface area contributed by atoms with Crippen molar-refractivity contribution in [3.8, 4) is 11.1 Å². The van der Waals surface area contributed by atoms with Gasteiger partial charge < -0.3 is 15.8 Å². The van der Waals surface area contributed by atoms with Gasteiger partial charge in [0.15, 0.2) is 0 Å². The fourth-order valence-electron chi connectivity index (χ4n) is 3.00. The van der Waals surface area contributed by atoms with Crippen molar-refractivity contribution in [3.63, 3.8) is 0 Å². The lowest BCUT2D eigenvalue weighted by molar-refractivity contribution is -0.144. The smallest absolute Gasteiger partial charge is 0.313 e. The predicted octanol–water partition coefficient (Wildman–Crippen LogP) is 4.81. The van der Waals surface area contributed by atoms with E-state index in [9.17, 15) is 14.0 Å². The number of nitrogen functional groups attached to an aromatic ring is 1. The van der Waals surface area contributed by atoms with Crippen LogP contribution < -0.4 is 11.1 Å². The zero-order chi connectivity index (χ0) is 21.4. The van der Waals surface area contributed by atoms with Crippen molar-refractivity contribution in [2.75, 3.05) is 17.7 Å². The van der Waals surface area contributed by atoms with Gasteiger partial charge in [-0.05, 0) is 54.8 Å². The molecule has 152 valence electrons. The molecule has 1 atom stereocenters. The molecule has 2 rings (SSSR count). The number of anilines is 2. The van der Waals surface area contributed by atoms with Crippen LogP contribution in [-0.4, -0.2) is 18.5 Å². The minimum atomic E-state index is -0.672. The Morgan fingerprint density at radius 3 is 2.62 bits per heavy atom. The number of hydrogen-bond acceptors (Lipinski definition) is 4. The van der Waals surface area contributed by atoms with Gasteiger partial charge in [0.25, 0.3) is 0 Å². The van der Waals surface area contributed by atoms with E-state index in [-0.39, 0.29) is 18.9 Å². The van der Waals surface area contributed by atoms with Crippen LogP contribution in [0.2, 0.25) is 0 Å². The molecule has 2 aromatic carbocycles. The van der Waals surface area contributed by atoms with Crippen molar-refractivity contribution in [1.82, 2.24) is 0 Å². The highest BCUT2D eigenvalue weighted by atomic mass is 19.1. The summed E-state index contributed by atoms with van der Waals surface area (Å²) >= 11 is 0. The van der Waals surface area contributed by atoms with Gasteiger partial charge >= 0.3 is 5.97 Å². The van der Waals surface area contributed by atoms with E-state index in [4.69, 9.17) is 10.5 Å². The number of esters is 1. The molecule has 29 heavy (non-hydrogen) atoms. The first-order chi connectivity index (χ1) is 13.9. The lowest BCUT2D eigenvalue weighted by Gasteiger charge is -2.17. The molecular weight excluding hydrogens is 371 g/mol. The van der Waals surface area contributed by atoms with Gasteiger partial charge in [-0.25, -0.2) is 4.39 Å². The normalized spacial score (nSPS) is 11.4. The summed E-state index contributed by atoms with van der Waals surface area (Å²) in [6, 6.07) is 9.33. The van der Waals surface area contributed by atoms with Gasteiger partial charge in [0, 0.05) is 17.7 Å². The Balaban J connectivity index is 2.53. The van der Waals surface area contributed by atoms with E-state index in [0.29, 0.717) is 34.5 Å². The Hall–Kier alpha value is -3.41. The quantitative estimate of drug-likeness (QED) is 0.362. The van der Waals surface area contributed by atoms with E-state index in [1.54, 1.807) is 37.3 Å². The molecule has 0 radical (unpaired) electrons. The van der Waals surface area contributed by atoms with Gasteiger partial charge in [0.2, 0.25) is 5.91 Å². The minimum absolute atomic E-state index is 0.132. The van der Waals surface area contributed by atoms with E-state index >= 15 is 0 Å². The molecular formula is C23H25FN2O3. The maximum absolute atomic E-state index is 14.5. The Bertz CT molecular complexity index is 924. The number of benzene rings is 2. The highest BCUT2D eigenvalue weighted by Gasteiger charge is 2.22. The third-order valence-corrected chi connectivity index (χ3v) is 4.25. The van der Waals surface area contributed by atoms with Crippen LogP contribution >= 0.6 is 0 Å². The van der Waals surface area contributed by atoms with Crippen LogP contribution in [0.4, 0.5) is 15.8 Å². The van der Waals surface area contributed by atoms with E-state index in [1.165, 1.54) is 18.2 Å². The zero-order valence-corrected chi connectivity index (χ0v) is 16.4. The van der Waals surface area contributed by atoms with Crippen molar-refractivity contribution in [2.24, 2.45) is 0 Å². The van der Waals surface area contributed by atoms with Crippen LogP contribution in [0.3, 0.4) is 0 Å². The van der Waals surface area contributed by atoms with Crippen molar-refractivity contribution in [1.29, 1.82) is 0 Å². The first kappa shape index (κ1) is 21.9. The van der Waals surface area contributed by atoms with Crippen molar-refractivity contribution < 1.29 is 18.7 Å². The number of hydrogen-bond donors (Lipinski definition) is 2. The number of halogens is 1. The van der Waals surface area contributed by atoms with Crippen LogP contribution in [0.25, 0.3) is 11.1 Å². The summed E-state index contributed by atoms with van der Waals surface area (Å²) in [6.45, 7) is 9.16. The molecule has 0 saturated carbocycles. The number of ether oxygens (including phenoxy) is 1. The molecule has 0 unspecified atom stereocenters. The maximum Gasteiger partial charge on any atom is 0.313 e. The topological polar surface area (TPSA) is 81.4 Å². The second-order valence-electron chi connectivity index (χ2n) is 6.45. The Morgan fingerprint density at radius 2 is 1.97 bits per heavy atom. The van der Waals surface area contributed by atoms with Crippen molar-refractivity contribution in [3.05, 3.63) is 73.1 Å². The molecule has 2 aromatic rings. The van der Waals surface area contributed by atoms with Gasteiger partial charge in [-0.15, -0.1) is 13.2 Å². The van der Waals surface area contributed by atoms with Crippen LogP contribution in [-0.2, 0) is 14.3 Å². The van der Waals surface area contributed by atoms with Gasteiger partial charge in [-0.1, -0.05) is 18.2 Å². The summed E-state index contributed by atoms with van der Waals surface area (Å²) in [5, 5.41) is 2.77. The number of nitrogens with one attached hydrogen (secondary N) is 1. The Labute approximate surface area is 170 Å². The lowest BCUT2D eigenvalue weighted by Crippen LogP contribution is -2.16. The van der Waals surface area contributed by atoms with Gasteiger partial charge in [0.05, 0.1) is 18.2 Å². The standard InChI is InChI=1S/C23H25FN2O3/c1-4-7-20(23(28)29-6-3)16-11-15(12-17(24)13-16)19-10-9-18(25)14-21(19)26-22(27)8-5-2/h4-5,9-14,20H,1-2,6-8,25H2,3H3,(H,26,27)/t20-/m1/s1. The number of nitrogens with two attached hydrogens (primary N) is 1. The number of carbonyl (C=O) groups is 2. The summed E-state index contributed by atoms with van der Waals surface area (Å²) in [6.07, 6.45) is 3.52. The van der Waals surface area contributed by atoms with Gasteiger partial charge in [-0.2, -0.15) is 0 Å². The Morgan fingerprint density at radius 1 is 1.21 bits per heavy atom. The van der Waals surface area contributed by atoms with Crippen LogP contribution in [0.5, 0.6) is 0 Å². The molecule has 0 spiro atoms. The maximum atomic E-state index is 14.5. The highest BCUT2D eigenvalue weighted by Crippen LogP contribution is 2.34. The van der Waals surface area contributed by atoms with Crippen LogP contribution in [0.1, 0.15) is 31.2 Å². The number of rotatable bonds is 9. The molecule has 3 N–H and O–H groups in total. The molecule has 0 bridgehead atoms. The van der Waals surface area contributed by atoms with E-state index in [1.807, 2.05) is 0 Å². The average Bonchev–Trinajstić information content (AvgIpc) is 2.66. The summed E-state index contributed by atoms with van der Waals surface area (Å²) in [7, 11) is 0. The molecule has 1 amide bonds. The van der Waals surface area contributed by atoms with Crippen LogP contribution in [0.15, 0.2) is 61.7 Å². The monoisotopic (exact) mass is 396 g/mol. The lowest BCUT2D eigenvalue weighted by atomic mass is 9.92. The molecule has 0 fully saturated rings. The molecule has 0 aromatic heterocycles. The zero-order valence-electron chi connectivity index (χ0n) is 16.4. The molecule has 5 nitrogen and oxygen atoms in total. The summed E-state index contributed by atoms with van der Waals surface area (Å²) in [5.41, 5.74) is 8.32. The Kier molecular flexibility index (Phi) is 7.71. The van der Waals surface area contributed by atoms with Crippen LogP contribution in [0, 0.1) is 5.82 Å². The predicted molar refractivity (Wildman–Crippen MR) is 114 cm³/mol. The summed E-state index contributed by atoms with van der Waals surface area (Å²) in [4.78, 5) is 24.4. The van der Waals surface area contributed by atoms with E-state index in [0.717, 1.165) is 0 Å². The molecule has 0 saturated heterocycles. The first-order valence-corrected chi connectivity index (χ1v) is 9.28. The highest BCUT2D eigenvalue weighted by molar-refractivity contribution is 5.97. The van der Waals surface area contributed by atoms with Crippen molar-refractivity contribution >= 4 is 23.3 Å². The molecule has 0 aliphatic heterocycles. The fraction of sp³-hybridized carbons (Fsp3) is 0.217. The van der Waals surface area contributed by atoms with Gasteiger partial charge in [-0.3, -0.25) is 9.59 Å². The average molecular weight is 396 g/mol. The van der Waals surface area contributed by atoms with E-state index in [2.05, 4.69) is 18.5 Å². The molecule has 0 aliphatic carbocycles. The second-order valence-corrected chi connectivity index (χ2v) is 6.45. The van der Waals surface area contributed by atoms with E-state index < -0.39 is 17.7 Å². The summed E-state index contributed by atoms with van der Waals surface area (Å²) in [5.74, 6) is -1.88. The first-order valence-electron chi connectivity index (χ1n) is 9.28. The largest absolute Gasteiger partial charge is 0.466 e. The number of amides is 1. The third-order valence-electron chi connectivity index (χ3n) is 4.25. The van der Waals surface area contributed by atoms with Crippen molar-refractivity contribution in [2.45, 2.75) is 25.7 Å². The van der Waals surface area contributed by atoms with Gasteiger partial charge in [0.1, 0.15) is 5.82 Å². The number of carbonyl (C=O) groups excluding carboxylic acids is 2. The minimum Gasteiger partial charge on any atom is -0.466 e. The SMILES string of the molecule is C=CCC(=O)Nc1cc(N)ccc1-c1cc(F)cc([C@@H](CC=C)C(=O)OCC)c1. The third kappa shape index (κ3) is 5.78. The second kappa shape index (κ2) is 10.2. The summed E-state index contributed by atoms with van der Waals surface area (Å²) < 4.78 is 19.6. The molecule has 0 heterocycles. The fourth-order valence-corrected chi connectivity index (χ4v) is 3.00.